The SMILES string of the molecule is CC(C)(C)c1ccc(-n2c(-c3cc(C(C)(C)C)cc(C(C)(C)C)c3O)nc3c4c(ccc32)ncc2ccc(-c3cc(-c5ccccc5)ccn3)cc24)c(-c2ccccc2)c1. The van der Waals surface area contributed by atoms with Gasteiger partial charge in [-0.15, -0.1) is 0 Å². The van der Waals surface area contributed by atoms with Crippen LogP contribution in [-0.4, -0.2) is 24.6 Å². The summed E-state index contributed by atoms with van der Waals surface area (Å²) in [6.45, 7) is 19.9. The number of aromatic nitrogens is 4. The van der Waals surface area contributed by atoms with Gasteiger partial charge in [0.25, 0.3) is 0 Å². The molecule has 0 saturated carbocycles. The van der Waals surface area contributed by atoms with Crippen LogP contribution in [0, 0.1) is 0 Å². The van der Waals surface area contributed by atoms with Gasteiger partial charge in [-0.3, -0.25) is 14.5 Å². The Morgan fingerprint density at radius 2 is 1.22 bits per heavy atom. The first-order valence-electron chi connectivity index (χ1n) is 20.9. The molecule has 9 aromatic rings. The lowest BCUT2D eigenvalue weighted by molar-refractivity contribution is 0.446. The number of pyridine rings is 2. The van der Waals surface area contributed by atoms with Crippen molar-refractivity contribution in [2.45, 2.75) is 78.6 Å². The number of benzene rings is 6. The minimum atomic E-state index is -0.324. The molecule has 0 aliphatic heterocycles. The Hall–Kier alpha value is -6.59. The molecule has 298 valence electrons. The molecule has 6 aromatic carbocycles. The van der Waals surface area contributed by atoms with Crippen molar-refractivity contribution in [1.29, 1.82) is 0 Å². The molecular formula is C55H52N4O. The zero-order valence-corrected chi connectivity index (χ0v) is 36.1. The van der Waals surface area contributed by atoms with Gasteiger partial charge in [0.1, 0.15) is 11.6 Å². The first kappa shape index (κ1) is 38.9. The quantitative estimate of drug-likeness (QED) is 0.177. The van der Waals surface area contributed by atoms with Gasteiger partial charge in [0.2, 0.25) is 0 Å². The molecule has 0 amide bonds. The second kappa shape index (κ2) is 14.3. The van der Waals surface area contributed by atoms with E-state index in [2.05, 4.69) is 194 Å². The van der Waals surface area contributed by atoms with E-state index in [0.717, 1.165) is 83.0 Å². The Bertz CT molecular complexity index is 3090. The summed E-state index contributed by atoms with van der Waals surface area (Å²) >= 11 is 0. The summed E-state index contributed by atoms with van der Waals surface area (Å²) in [6, 6.07) is 47.1. The molecule has 60 heavy (non-hydrogen) atoms. The van der Waals surface area contributed by atoms with E-state index in [0.29, 0.717) is 11.4 Å². The molecule has 0 fully saturated rings. The summed E-state index contributed by atoms with van der Waals surface area (Å²) < 4.78 is 2.27. The van der Waals surface area contributed by atoms with Gasteiger partial charge in [0.05, 0.1) is 33.5 Å². The first-order chi connectivity index (χ1) is 28.6. The minimum Gasteiger partial charge on any atom is -0.507 e. The Kier molecular flexibility index (Phi) is 9.27. The number of fused-ring (bicyclic) bond motifs is 5. The predicted molar refractivity (Wildman–Crippen MR) is 251 cm³/mol. The number of aromatic hydroxyl groups is 1. The molecule has 5 nitrogen and oxygen atoms in total. The largest absolute Gasteiger partial charge is 0.507 e. The molecule has 3 aromatic heterocycles. The van der Waals surface area contributed by atoms with Crippen LogP contribution in [0.4, 0.5) is 0 Å². The second-order valence-electron chi connectivity index (χ2n) is 19.2. The average molecular weight is 785 g/mol. The average Bonchev–Trinajstić information content (AvgIpc) is 3.62. The third-order valence-corrected chi connectivity index (χ3v) is 11.8. The van der Waals surface area contributed by atoms with Gasteiger partial charge in [-0.1, -0.05) is 147 Å². The highest BCUT2D eigenvalue weighted by Gasteiger charge is 2.30. The van der Waals surface area contributed by atoms with Gasteiger partial charge < -0.3 is 5.11 Å². The normalized spacial score (nSPS) is 12.5. The van der Waals surface area contributed by atoms with E-state index in [1.807, 2.05) is 18.5 Å². The molecule has 3 heterocycles. The molecule has 0 radical (unpaired) electrons. The van der Waals surface area contributed by atoms with Crippen LogP contribution < -0.4 is 0 Å². The van der Waals surface area contributed by atoms with E-state index in [4.69, 9.17) is 15.0 Å². The Balaban J connectivity index is 1.40. The number of imidazole rings is 1. The Morgan fingerprint density at radius 1 is 0.533 bits per heavy atom. The summed E-state index contributed by atoms with van der Waals surface area (Å²) in [5.41, 5.74) is 13.3. The zero-order chi connectivity index (χ0) is 42.1. The topological polar surface area (TPSA) is 63.8 Å². The number of phenolic OH excluding ortho intramolecular Hbond substituents is 1. The lowest BCUT2D eigenvalue weighted by Gasteiger charge is -2.28. The van der Waals surface area contributed by atoms with Crippen LogP contribution in [0.2, 0.25) is 0 Å². The summed E-state index contributed by atoms with van der Waals surface area (Å²) in [5, 5.41) is 15.5. The van der Waals surface area contributed by atoms with Crippen molar-refractivity contribution < 1.29 is 5.11 Å². The molecule has 0 aliphatic carbocycles. The highest BCUT2D eigenvalue weighted by atomic mass is 16.3. The molecule has 1 N–H and O–H groups in total. The van der Waals surface area contributed by atoms with Gasteiger partial charge in [-0.25, -0.2) is 4.98 Å². The molecule has 9 rings (SSSR count). The predicted octanol–water partition coefficient (Wildman–Crippen LogP) is 14.4. The van der Waals surface area contributed by atoms with Gasteiger partial charge in [0, 0.05) is 39.9 Å². The standard InChI is InChI=1S/C55H52N4O/c1-53(2,3)39-22-24-47(41(30-39)35-18-14-11-15-19-35)59-48-25-23-45-49(50(48)58-52(59)43-31-40(54(4,5)6)32-44(51(43)60)55(7,8)9)42-28-37(20-21-38(42)33-57-45)46-29-36(26-27-56-46)34-16-12-10-13-17-34/h10-33,60H,1-9H3. The fourth-order valence-corrected chi connectivity index (χ4v) is 8.37. The third-order valence-electron chi connectivity index (χ3n) is 11.8. The highest BCUT2D eigenvalue weighted by Crippen LogP contribution is 2.46. The van der Waals surface area contributed by atoms with Crippen molar-refractivity contribution >= 4 is 32.7 Å². The smallest absolute Gasteiger partial charge is 0.149 e. The second-order valence-corrected chi connectivity index (χ2v) is 19.2. The number of rotatable bonds is 5. The maximum Gasteiger partial charge on any atom is 0.149 e. The van der Waals surface area contributed by atoms with Crippen molar-refractivity contribution in [3.05, 3.63) is 163 Å². The molecule has 5 heteroatoms. The van der Waals surface area contributed by atoms with Gasteiger partial charge in [-0.2, -0.15) is 0 Å². The van der Waals surface area contributed by atoms with Crippen molar-refractivity contribution in [3.63, 3.8) is 0 Å². The molecule has 0 saturated heterocycles. The number of hydrogen-bond donors (Lipinski definition) is 1. The maximum atomic E-state index is 12.5. The van der Waals surface area contributed by atoms with E-state index in [9.17, 15) is 5.11 Å². The molecule has 0 unspecified atom stereocenters. The van der Waals surface area contributed by atoms with E-state index in [-0.39, 0.29) is 22.0 Å². The minimum absolute atomic E-state index is 0.0726. The van der Waals surface area contributed by atoms with E-state index in [1.165, 1.54) is 5.56 Å². The Morgan fingerprint density at radius 3 is 1.90 bits per heavy atom. The molecular weight excluding hydrogens is 733 g/mol. The summed E-state index contributed by atoms with van der Waals surface area (Å²) in [4.78, 5) is 15.5. The monoisotopic (exact) mass is 784 g/mol. The van der Waals surface area contributed by atoms with Crippen molar-refractivity contribution in [1.82, 2.24) is 19.5 Å². The highest BCUT2D eigenvalue weighted by molar-refractivity contribution is 6.18. The van der Waals surface area contributed by atoms with E-state index < -0.39 is 0 Å². The first-order valence-corrected chi connectivity index (χ1v) is 20.9. The lowest BCUT2D eigenvalue weighted by atomic mass is 9.79. The summed E-state index contributed by atoms with van der Waals surface area (Å²) in [7, 11) is 0. The van der Waals surface area contributed by atoms with Crippen LogP contribution in [0.15, 0.2) is 146 Å². The van der Waals surface area contributed by atoms with Crippen molar-refractivity contribution in [2.75, 3.05) is 0 Å². The van der Waals surface area contributed by atoms with Crippen molar-refractivity contribution in [2.24, 2.45) is 0 Å². The summed E-state index contributed by atoms with van der Waals surface area (Å²) in [5.74, 6) is 0.927. The number of nitrogens with zero attached hydrogens (tertiary/aromatic N) is 4. The molecule has 0 aliphatic rings. The van der Waals surface area contributed by atoms with Gasteiger partial charge in [0.15, 0.2) is 0 Å². The van der Waals surface area contributed by atoms with Gasteiger partial charge >= 0.3 is 0 Å². The van der Waals surface area contributed by atoms with Crippen LogP contribution in [-0.2, 0) is 16.2 Å². The van der Waals surface area contributed by atoms with Crippen LogP contribution in [0.5, 0.6) is 5.75 Å². The lowest BCUT2D eigenvalue weighted by Crippen LogP contribution is -2.17. The van der Waals surface area contributed by atoms with Crippen LogP contribution >= 0.6 is 0 Å². The Labute approximate surface area is 353 Å². The summed E-state index contributed by atoms with van der Waals surface area (Å²) in [6.07, 6.45) is 3.84. The fraction of sp³-hybridized carbons (Fsp3) is 0.218. The molecule has 0 atom stereocenters. The van der Waals surface area contributed by atoms with Crippen LogP contribution in [0.25, 0.3) is 83.3 Å². The molecule has 0 spiro atoms. The molecule has 0 bridgehead atoms. The maximum absolute atomic E-state index is 12.5. The fourth-order valence-electron chi connectivity index (χ4n) is 8.37. The zero-order valence-electron chi connectivity index (χ0n) is 36.1. The van der Waals surface area contributed by atoms with Crippen LogP contribution in [0.1, 0.15) is 79.0 Å². The van der Waals surface area contributed by atoms with E-state index in [1.54, 1.807) is 0 Å². The number of phenols is 1. The van der Waals surface area contributed by atoms with E-state index >= 15 is 0 Å². The third kappa shape index (κ3) is 6.92. The van der Waals surface area contributed by atoms with Gasteiger partial charge in [-0.05, 0) is 98.0 Å². The van der Waals surface area contributed by atoms with Crippen LogP contribution in [0.3, 0.4) is 0 Å². The number of hydrogen-bond acceptors (Lipinski definition) is 4. The van der Waals surface area contributed by atoms with Crippen molar-refractivity contribution in [3.8, 4) is 56.3 Å².